The lowest BCUT2D eigenvalue weighted by molar-refractivity contribution is 0.559. The van der Waals surface area contributed by atoms with Gasteiger partial charge in [0.1, 0.15) is 0 Å². The predicted molar refractivity (Wildman–Crippen MR) is 80.3 cm³/mol. The third kappa shape index (κ3) is 4.53. The molecule has 1 aliphatic rings. The number of anilines is 1. The van der Waals surface area contributed by atoms with Crippen molar-refractivity contribution < 1.29 is 8.42 Å². The van der Waals surface area contributed by atoms with Gasteiger partial charge in [0, 0.05) is 12.2 Å². The number of hydrogen-bond acceptors (Lipinski definition) is 3. The number of nitrogens with one attached hydrogen (secondary N) is 1. The van der Waals surface area contributed by atoms with E-state index < -0.39 is 9.84 Å². The third-order valence-corrected chi connectivity index (χ3v) is 5.64. The first-order valence-corrected chi connectivity index (χ1v) is 8.89. The second kappa shape index (κ2) is 6.42. The van der Waals surface area contributed by atoms with Crippen LogP contribution in [0.1, 0.15) is 31.2 Å². The van der Waals surface area contributed by atoms with Crippen molar-refractivity contribution in [2.75, 3.05) is 23.4 Å². The van der Waals surface area contributed by atoms with E-state index in [2.05, 4.69) is 5.32 Å². The van der Waals surface area contributed by atoms with Crippen LogP contribution in [0.5, 0.6) is 0 Å². The molecule has 1 aliphatic carbocycles. The van der Waals surface area contributed by atoms with Crippen molar-refractivity contribution in [3.8, 4) is 0 Å². The Morgan fingerprint density at radius 2 is 1.89 bits per heavy atom. The highest BCUT2D eigenvalue weighted by Gasteiger charge is 2.22. The minimum Gasteiger partial charge on any atom is -0.384 e. The first-order chi connectivity index (χ1) is 9.07. The summed E-state index contributed by atoms with van der Waals surface area (Å²) in [5.41, 5.74) is 2.18. The van der Waals surface area contributed by atoms with E-state index in [0.717, 1.165) is 24.1 Å². The van der Waals surface area contributed by atoms with Crippen LogP contribution in [-0.2, 0) is 9.84 Å². The molecule has 1 fully saturated rings. The number of aryl methyl sites for hydroxylation is 1. The van der Waals surface area contributed by atoms with Crippen molar-refractivity contribution in [2.24, 2.45) is 5.92 Å². The molecule has 4 heteroatoms. The molecule has 0 heterocycles. The zero-order chi connectivity index (χ0) is 13.7. The van der Waals surface area contributed by atoms with E-state index in [1.54, 1.807) is 0 Å². The Balaban J connectivity index is 1.79. The van der Waals surface area contributed by atoms with Gasteiger partial charge in [0.15, 0.2) is 9.84 Å². The van der Waals surface area contributed by atoms with Gasteiger partial charge in [-0.25, -0.2) is 8.42 Å². The third-order valence-electron chi connectivity index (χ3n) is 3.84. The highest BCUT2D eigenvalue weighted by atomic mass is 32.2. The summed E-state index contributed by atoms with van der Waals surface area (Å²) in [4.78, 5) is 0. The molecule has 0 atom stereocenters. The van der Waals surface area contributed by atoms with Gasteiger partial charge in [-0.05, 0) is 37.3 Å². The van der Waals surface area contributed by atoms with E-state index in [0.29, 0.717) is 18.2 Å². The molecule has 3 nitrogen and oxygen atoms in total. The van der Waals surface area contributed by atoms with Crippen LogP contribution in [0.2, 0.25) is 0 Å². The Kier molecular flexibility index (Phi) is 4.86. The van der Waals surface area contributed by atoms with Crippen LogP contribution in [0.15, 0.2) is 24.3 Å². The smallest absolute Gasteiger partial charge is 0.152 e. The lowest BCUT2D eigenvalue weighted by Crippen LogP contribution is -2.22. The van der Waals surface area contributed by atoms with Gasteiger partial charge in [0.25, 0.3) is 0 Å². The molecule has 1 aromatic rings. The van der Waals surface area contributed by atoms with Gasteiger partial charge in [-0.15, -0.1) is 0 Å². The van der Waals surface area contributed by atoms with Crippen LogP contribution in [0.25, 0.3) is 0 Å². The fourth-order valence-electron chi connectivity index (χ4n) is 2.73. The molecule has 0 amide bonds. The van der Waals surface area contributed by atoms with Gasteiger partial charge in [-0.2, -0.15) is 0 Å². The minimum atomic E-state index is -2.91. The second-order valence-corrected chi connectivity index (χ2v) is 7.74. The number of sulfone groups is 1. The molecule has 1 saturated carbocycles. The van der Waals surface area contributed by atoms with E-state index in [1.807, 2.05) is 31.2 Å². The molecule has 0 spiro atoms. The SMILES string of the molecule is Cc1ccccc1NCCS(=O)(=O)CC1CCCC1. The fraction of sp³-hybridized carbons (Fsp3) is 0.600. The van der Waals surface area contributed by atoms with Gasteiger partial charge in [0.2, 0.25) is 0 Å². The van der Waals surface area contributed by atoms with Crippen molar-refractivity contribution >= 4 is 15.5 Å². The lowest BCUT2D eigenvalue weighted by Gasteiger charge is -2.12. The van der Waals surface area contributed by atoms with Crippen molar-refractivity contribution in [3.05, 3.63) is 29.8 Å². The summed E-state index contributed by atoms with van der Waals surface area (Å²) in [6.07, 6.45) is 4.57. The molecular formula is C15H23NO2S. The van der Waals surface area contributed by atoms with Gasteiger partial charge >= 0.3 is 0 Å². The van der Waals surface area contributed by atoms with Crippen molar-refractivity contribution in [1.29, 1.82) is 0 Å². The molecule has 0 bridgehead atoms. The summed E-state index contributed by atoms with van der Waals surface area (Å²) in [6, 6.07) is 7.95. The average Bonchev–Trinajstić information content (AvgIpc) is 2.83. The molecule has 1 aromatic carbocycles. The minimum absolute atomic E-state index is 0.234. The standard InChI is InChI=1S/C15H23NO2S/c1-13-6-2-5-9-15(13)16-10-11-19(17,18)12-14-7-3-4-8-14/h2,5-6,9,14,16H,3-4,7-8,10-12H2,1H3. The van der Waals surface area contributed by atoms with E-state index in [-0.39, 0.29) is 5.75 Å². The zero-order valence-corrected chi connectivity index (χ0v) is 12.4. The van der Waals surface area contributed by atoms with E-state index >= 15 is 0 Å². The summed E-state index contributed by atoms with van der Waals surface area (Å²) in [5.74, 6) is 1.02. The Labute approximate surface area is 116 Å². The number of para-hydroxylation sites is 1. The summed E-state index contributed by atoms with van der Waals surface area (Å²) in [5, 5.41) is 3.21. The maximum absolute atomic E-state index is 12.0. The maximum Gasteiger partial charge on any atom is 0.152 e. The summed E-state index contributed by atoms with van der Waals surface area (Å²) in [6.45, 7) is 2.52. The monoisotopic (exact) mass is 281 g/mol. The number of rotatable bonds is 6. The van der Waals surface area contributed by atoms with Gasteiger partial charge in [-0.1, -0.05) is 31.0 Å². The fourth-order valence-corrected chi connectivity index (χ4v) is 4.36. The quantitative estimate of drug-likeness (QED) is 0.872. The molecule has 19 heavy (non-hydrogen) atoms. The Morgan fingerprint density at radius 3 is 2.58 bits per heavy atom. The molecule has 2 rings (SSSR count). The Bertz CT molecular complexity index is 505. The number of hydrogen-bond donors (Lipinski definition) is 1. The molecule has 0 saturated heterocycles. The molecule has 1 N–H and O–H groups in total. The van der Waals surface area contributed by atoms with E-state index in [4.69, 9.17) is 0 Å². The van der Waals surface area contributed by atoms with Crippen LogP contribution in [0.4, 0.5) is 5.69 Å². The van der Waals surface area contributed by atoms with Gasteiger partial charge in [0.05, 0.1) is 11.5 Å². The van der Waals surface area contributed by atoms with Crippen LogP contribution in [0.3, 0.4) is 0 Å². The summed E-state index contributed by atoms with van der Waals surface area (Å²) >= 11 is 0. The zero-order valence-electron chi connectivity index (χ0n) is 11.6. The normalized spacial score (nSPS) is 16.7. The van der Waals surface area contributed by atoms with Crippen LogP contribution in [-0.4, -0.2) is 26.5 Å². The highest BCUT2D eigenvalue weighted by molar-refractivity contribution is 7.91. The van der Waals surface area contributed by atoms with Crippen molar-refractivity contribution in [2.45, 2.75) is 32.6 Å². The van der Waals surface area contributed by atoms with Crippen LogP contribution >= 0.6 is 0 Å². The molecular weight excluding hydrogens is 258 g/mol. The Morgan fingerprint density at radius 1 is 1.21 bits per heavy atom. The van der Waals surface area contributed by atoms with Crippen LogP contribution < -0.4 is 5.32 Å². The van der Waals surface area contributed by atoms with Crippen LogP contribution in [0, 0.1) is 12.8 Å². The second-order valence-electron chi connectivity index (χ2n) is 5.51. The molecule has 0 unspecified atom stereocenters. The summed E-state index contributed by atoms with van der Waals surface area (Å²) < 4.78 is 24.0. The number of benzene rings is 1. The first kappa shape index (κ1) is 14.4. The largest absolute Gasteiger partial charge is 0.384 e. The topological polar surface area (TPSA) is 46.2 Å². The van der Waals surface area contributed by atoms with E-state index in [1.165, 1.54) is 12.8 Å². The molecule has 106 valence electrons. The summed E-state index contributed by atoms with van der Waals surface area (Å²) in [7, 11) is -2.91. The van der Waals surface area contributed by atoms with Crippen molar-refractivity contribution in [1.82, 2.24) is 0 Å². The molecule has 0 aromatic heterocycles. The predicted octanol–water partition coefficient (Wildman–Crippen LogP) is 3.01. The lowest BCUT2D eigenvalue weighted by atomic mass is 10.1. The van der Waals surface area contributed by atoms with Gasteiger partial charge in [-0.3, -0.25) is 0 Å². The van der Waals surface area contributed by atoms with Gasteiger partial charge < -0.3 is 5.32 Å². The molecule has 0 aliphatic heterocycles. The van der Waals surface area contributed by atoms with Crippen molar-refractivity contribution in [3.63, 3.8) is 0 Å². The Hall–Kier alpha value is -1.03. The van der Waals surface area contributed by atoms with E-state index in [9.17, 15) is 8.42 Å². The maximum atomic E-state index is 12.0. The first-order valence-electron chi connectivity index (χ1n) is 7.07. The average molecular weight is 281 g/mol. The molecule has 0 radical (unpaired) electrons. The highest BCUT2D eigenvalue weighted by Crippen LogP contribution is 2.26.